The number of nitrogen functional groups attached to an aromatic ring is 1. The van der Waals surface area contributed by atoms with Crippen molar-refractivity contribution >= 4 is 23.1 Å². The number of benzene rings is 1. The Labute approximate surface area is 126 Å². The number of rotatable bonds is 7. The summed E-state index contributed by atoms with van der Waals surface area (Å²) in [4.78, 5) is 1.19. The van der Waals surface area contributed by atoms with Gasteiger partial charge in [0, 0.05) is 18.0 Å². The molecule has 0 aliphatic carbocycles. The van der Waals surface area contributed by atoms with Crippen LogP contribution in [0.1, 0.15) is 20.8 Å². The molecule has 5 heteroatoms. The van der Waals surface area contributed by atoms with Crippen LogP contribution < -0.4 is 16.4 Å². The van der Waals surface area contributed by atoms with Crippen molar-refractivity contribution in [3.63, 3.8) is 0 Å². The number of anilines is 2. The Morgan fingerprint density at radius 3 is 2.65 bits per heavy atom. The first-order valence-electron chi connectivity index (χ1n) is 6.61. The highest BCUT2D eigenvalue weighted by Crippen LogP contribution is 2.24. The van der Waals surface area contributed by atoms with E-state index in [9.17, 15) is 0 Å². The number of ether oxygens (including phenoxy) is 1. The fourth-order valence-corrected chi connectivity index (χ4v) is 2.06. The fraction of sp³-hybridized carbons (Fsp3) is 0.467. The molecular weight excluding hydrogens is 270 g/mol. The molecule has 1 aromatic carbocycles. The van der Waals surface area contributed by atoms with E-state index in [1.165, 1.54) is 4.90 Å². The number of nitrogens with one attached hydrogen (secondary N) is 2. The van der Waals surface area contributed by atoms with Crippen molar-refractivity contribution in [2.45, 2.75) is 31.3 Å². The molecule has 0 saturated heterocycles. The molecule has 0 radical (unpaired) electrons. The van der Waals surface area contributed by atoms with E-state index < -0.39 is 0 Å². The third-order valence-electron chi connectivity index (χ3n) is 2.45. The topological polar surface area (TPSA) is 59.3 Å². The van der Waals surface area contributed by atoms with E-state index in [0.717, 1.165) is 24.5 Å². The summed E-state index contributed by atoms with van der Waals surface area (Å²) in [6.45, 7) is 11.3. The average molecular weight is 295 g/mol. The van der Waals surface area contributed by atoms with Crippen LogP contribution >= 0.6 is 11.8 Å². The molecule has 4 nitrogen and oxygen atoms in total. The van der Waals surface area contributed by atoms with Crippen LogP contribution in [0.3, 0.4) is 0 Å². The lowest BCUT2D eigenvalue weighted by atomic mass is 10.2. The molecule has 0 heterocycles. The fourth-order valence-electron chi connectivity index (χ4n) is 1.62. The normalized spacial score (nSPS) is 11.0. The Kier molecular flexibility index (Phi) is 6.07. The Morgan fingerprint density at radius 2 is 2.05 bits per heavy atom. The second-order valence-corrected chi connectivity index (χ2v) is 6.32. The van der Waals surface area contributed by atoms with Crippen molar-refractivity contribution in [3.05, 3.63) is 30.7 Å². The van der Waals surface area contributed by atoms with Crippen molar-refractivity contribution in [2.24, 2.45) is 0 Å². The van der Waals surface area contributed by atoms with Gasteiger partial charge in [0.15, 0.2) is 5.88 Å². The standard InChI is InChI=1S/C15H25N3OS/c1-11(19-15(2,3)4)17-8-9-18-14-10-12(20-5)6-7-13(14)16/h6-7,10,17-18H,1,8-9,16H2,2-5H3. The van der Waals surface area contributed by atoms with E-state index >= 15 is 0 Å². The first-order valence-corrected chi connectivity index (χ1v) is 7.83. The molecule has 0 spiro atoms. The second-order valence-electron chi connectivity index (χ2n) is 5.44. The summed E-state index contributed by atoms with van der Waals surface area (Å²) in [6.07, 6.45) is 2.05. The molecular formula is C15H25N3OS. The van der Waals surface area contributed by atoms with Gasteiger partial charge < -0.3 is 21.1 Å². The summed E-state index contributed by atoms with van der Waals surface area (Å²) in [5, 5.41) is 6.44. The van der Waals surface area contributed by atoms with Gasteiger partial charge in [0.05, 0.1) is 11.4 Å². The predicted octanol–water partition coefficient (Wildman–Crippen LogP) is 3.28. The quantitative estimate of drug-likeness (QED) is 0.312. The Balaban J connectivity index is 2.36. The second kappa shape index (κ2) is 7.33. The van der Waals surface area contributed by atoms with Gasteiger partial charge in [-0.15, -0.1) is 11.8 Å². The maximum Gasteiger partial charge on any atom is 0.179 e. The summed E-state index contributed by atoms with van der Waals surface area (Å²) < 4.78 is 5.59. The SMILES string of the molecule is C=C(NCCNc1cc(SC)ccc1N)OC(C)(C)C. The molecule has 0 fully saturated rings. The van der Waals surface area contributed by atoms with E-state index in [2.05, 4.69) is 23.3 Å². The van der Waals surface area contributed by atoms with E-state index in [1.54, 1.807) is 11.8 Å². The van der Waals surface area contributed by atoms with Crippen LogP contribution in [0.15, 0.2) is 35.6 Å². The minimum absolute atomic E-state index is 0.228. The molecule has 0 aliphatic heterocycles. The smallest absolute Gasteiger partial charge is 0.179 e. The van der Waals surface area contributed by atoms with E-state index in [-0.39, 0.29) is 5.60 Å². The third-order valence-corrected chi connectivity index (χ3v) is 3.18. The molecule has 0 saturated carbocycles. The van der Waals surface area contributed by atoms with Gasteiger partial charge in [-0.3, -0.25) is 0 Å². The molecule has 1 rings (SSSR count). The lowest BCUT2D eigenvalue weighted by Gasteiger charge is -2.23. The van der Waals surface area contributed by atoms with Gasteiger partial charge >= 0.3 is 0 Å². The highest BCUT2D eigenvalue weighted by atomic mass is 32.2. The molecule has 20 heavy (non-hydrogen) atoms. The van der Waals surface area contributed by atoms with Gasteiger partial charge in [-0.25, -0.2) is 0 Å². The van der Waals surface area contributed by atoms with Gasteiger partial charge in [0.25, 0.3) is 0 Å². The Morgan fingerprint density at radius 1 is 1.35 bits per heavy atom. The molecule has 0 unspecified atom stereocenters. The number of thioether (sulfide) groups is 1. The largest absolute Gasteiger partial charge is 0.474 e. The van der Waals surface area contributed by atoms with Crippen molar-refractivity contribution in [2.75, 3.05) is 30.4 Å². The van der Waals surface area contributed by atoms with Crippen LogP contribution in [0.4, 0.5) is 11.4 Å². The lowest BCUT2D eigenvalue weighted by molar-refractivity contribution is 0.0419. The molecule has 112 valence electrons. The van der Waals surface area contributed by atoms with Gasteiger partial charge in [-0.2, -0.15) is 0 Å². The minimum atomic E-state index is -0.228. The predicted molar refractivity (Wildman–Crippen MR) is 89.1 cm³/mol. The van der Waals surface area contributed by atoms with Crippen LogP contribution in [0, 0.1) is 0 Å². The molecule has 4 N–H and O–H groups in total. The van der Waals surface area contributed by atoms with Gasteiger partial charge in [0.1, 0.15) is 5.60 Å². The summed E-state index contributed by atoms with van der Waals surface area (Å²) in [5.41, 5.74) is 7.42. The molecule has 0 amide bonds. The number of nitrogens with two attached hydrogens (primary N) is 1. The van der Waals surface area contributed by atoms with Crippen molar-refractivity contribution in [3.8, 4) is 0 Å². The van der Waals surface area contributed by atoms with Crippen molar-refractivity contribution in [1.82, 2.24) is 5.32 Å². The van der Waals surface area contributed by atoms with Crippen LogP contribution in [0.2, 0.25) is 0 Å². The maximum absolute atomic E-state index is 5.94. The summed E-state index contributed by atoms with van der Waals surface area (Å²) in [6, 6.07) is 5.99. The molecule has 0 aromatic heterocycles. The van der Waals surface area contributed by atoms with E-state index in [1.807, 2.05) is 39.2 Å². The maximum atomic E-state index is 5.94. The van der Waals surface area contributed by atoms with Crippen LogP contribution in [-0.4, -0.2) is 24.9 Å². The third kappa shape index (κ3) is 6.10. The van der Waals surface area contributed by atoms with E-state index in [4.69, 9.17) is 10.5 Å². The zero-order chi connectivity index (χ0) is 15.2. The number of hydrogen-bond donors (Lipinski definition) is 3. The monoisotopic (exact) mass is 295 g/mol. The lowest BCUT2D eigenvalue weighted by Crippen LogP contribution is -2.28. The Hall–Kier alpha value is -1.49. The van der Waals surface area contributed by atoms with Gasteiger partial charge in [-0.05, 0) is 51.8 Å². The van der Waals surface area contributed by atoms with Crippen LogP contribution in [0.5, 0.6) is 0 Å². The molecule has 1 aromatic rings. The first kappa shape index (κ1) is 16.6. The molecule has 0 aliphatic rings. The molecule has 0 atom stereocenters. The minimum Gasteiger partial charge on any atom is -0.474 e. The van der Waals surface area contributed by atoms with Crippen molar-refractivity contribution < 1.29 is 4.74 Å². The summed E-state index contributed by atoms with van der Waals surface area (Å²) >= 11 is 1.70. The average Bonchev–Trinajstić information content (AvgIpc) is 2.34. The Bertz CT molecular complexity index is 455. The van der Waals surface area contributed by atoms with Crippen molar-refractivity contribution in [1.29, 1.82) is 0 Å². The molecule has 0 bridgehead atoms. The highest BCUT2D eigenvalue weighted by Gasteiger charge is 2.11. The summed E-state index contributed by atoms with van der Waals surface area (Å²) in [5.74, 6) is 0.588. The van der Waals surface area contributed by atoms with Gasteiger partial charge in [0.2, 0.25) is 0 Å². The highest BCUT2D eigenvalue weighted by molar-refractivity contribution is 7.98. The first-order chi connectivity index (χ1) is 9.31. The van der Waals surface area contributed by atoms with Gasteiger partial charge in [-0.1, -0.05) is 0 Å². The number of hydrogen-bond acceptors (Lipinski definition) is 5. The summed E-state index contributed by atoms with van der Waals surface area (Å²) in [7, 11) is 0. The zero-order valence-electron chi connectivity index (χ0n) is 12.7. The van der Waals surface area contributed by atoms with Crippen LogP contribution in [-0.2, 0) is 4.74 Å². The zero-order valence-corrected chi connectivity index (χ0v) is 13.6. The van der Waals surface area contributed by atoms with E-state index in [0.29, 0.717) is 5.88 Å². The van der Waals surface area contributed by atoms with Crippen LogP contribution in [0.25, 0.3) is 0 Å².